The zero-order chi connectivity index (χ0) is 17.7. The van der Waals surface area contributed by atoms with Gasteiger partial charge in [0.2, 0.25) is 0 Å². The number of aromatic nitrogens is 1. The monoisotopic (exact) mass is 333 g/mol. The van der Waals surface area contributed by atoms with Crippen LogP contribution in [0.2, 0.25) is 0 Å². The highest BCUT2D eigenvalue weighted by Gasteiger charge is 2.23. The van der Waals surface area contributed by atoms with Crippen LogP contribution in [-0.4, -0.2) is 41.1 Å². The molecule has 1 amide bonds. The minimum atomic E-state index is 0.0733. The highest BCUT2D eigenvalue weighted by Crippen LogP contribution is 2.32. The van der Waals surface area contributed by atoms with Crippen molar-refractivity contribution in [1.29, 1.82) is 0 Å². The van der Waals surface area contributed by atoms with Crippen molar-refractivity contribution in [1.82, 2.24) is 14.8 Å². The first-order valence-electron chi connectivity index (χ1n) is 9.70. The highest BCUT2D eigenvalue weighted by molar-refractivity contribution is 5.95. The Morgan fingerprint density at radius 2 is 1.88 bits per heavy atom. The van der Waals surface area contributed by atoms with Crippen LogP contribution in [0.5, 0.6) is 0 Å². The first kappa shape index (κ1) is 19.0. The third kappa shape index (κ3) is 4.21. The van der Waals surface area contributed by atoms with E-state index in [1.807, 2.05) is 0 Å². The van der Waals surface area contributed by atoms with E-state index >= 15 is 0 Å². The van der Waals surface area contributed by atoms with Crippen LogP contribution in [0.25, 0.3) is 0 Å². The molecule has 0 radical (unpaired) electrons. The number of nitrogens with one attached hydrogen (secondary N) is 1. The molecule has 1 heterocycles. The summed E-state index contributed by atoms with van der Waals surface area (Å²) < 4.78 is 2.40. The Labute approximate surface area is 147 Å². The lowest BCUT2D eigenvalue weighted by molar-refractivity contribution is 0.0937. The van der Waals surface area contributed by atoms with Crippen molar-refractivity contribution >= 4 is 5.91 Å². The minimum Gasteiger partial charge on any atom is -0.350 e. The van der Waals surface area contributed by atoms with Crippen LogP contribution in [-0.2, 0) is 0 Å². The first-order chi connectivity index (χ1) is 11.5. The average molecular weight is 334 g/mol. The van der Waals surface area contributed by atoms with Crippen LogP contribution in [0, 0.1) is 13.8 Å². The molecule has 1 fully saturated rings. The summed E-state index contributed by atoms with van der Waals surface area (Å²) in [6.45, 7) is 13.5. The van der Waals surface area contributed by atoms with Gasteiger partial charge in [0.25, 0.3) is 5.91 Å². The molecule has 1 unspecified atom stereocenters. The number of hydrogen-bond donors (Lipinski definition) is 1. The lowest BCUT2D eigenvalue weighted by Gasteiger charge is -2.27. The molecule has 0 aromatic carbocycles. The number of aryl methyl sites for hydroxylation is 1. The van der Waals surface area contributed by atoms with E-state index in [1.54, 1.807) is 0 Å². The topological polar surface area (TPSA) is 37.3 Å². The molecule has 1 atom stereocenters. The Hall–Kier alpha value is -1.29. The molecule has 0 spiro atoms. The van der Waals surface area contributed by atoms with Gasteiger partial charge in [-0.1, -0.05) is 33.1 Å². The predicted molar refractivity (Wildman–Crippen MR) is 101 cm³/mol. The van der Waals surface area contributed by atoms with Gasteiger partial charge in [-0.05, 0) is 52.8 Å². The van der Waals surface area contributed by atoms with Crippen molar-refractivity contribution in [2.24, 2.45) is 0 Å². The summed E-state index contributed by atoms with van der Waals surface area (Å²) in [5, 5.41) is 3.14. The second kappa shape index (κ2) is 8.70. The zero-order valence-corrected chi connectivity index (χ0v) is 16.2. The van der Waals surface area contributed by atoms with Gasteiger partial charge >= 0.3 is 0 Å². The summed E-state index contributed by atoms with van der Waals surface area (Å²) in [6.07, 6.45) is 6.47. The third-order valence-corrected chi connectivity index (χ3v) is 5.66. The molecule has 1 aliphatic rings. The standard InChI is InChI=1S/C20H35N3O/c1-6-22(7-2)16(4)14-21-20(24)19-13-15(3)23(17(19)5)18-11-9-8-10-12-18/h13,16,18H,6-12,14H2,1-5H3,(H,21,24). The van der Waals surface area contributed by atoms with E-state index in [0.29, 0.717) is 18.6 Å². The van der Waals surface area contributed by atoms with Crippen LogP contribution in [0.4, 0.5) is 0 Å². The van der Waals surface area contributed by atoms with E-state index in [4.69, 9.17) is 0 Å². The number of likely N-dealkylation sites (N-methyl/N-ethyl adjacent to an activating group) is 1. The maximum atomic E-state index is 12.7. The Morgan fingerprint density at radius 1 is 1.25 bits per heavy atom. The molecular formula is C20H35N3O. The first-order valence-corrected chi connectivity index (χ1v) is 9.70. The molecule has 0 aliphatic heterocycles. The van der Waals surface area contributed by atoms with Gasteiger partial charge in [0.1, 0.15) is 0 Å². The number of hydrogen-bond acceptors (Lipinski definition) is 2. The van der Waals surface area contributed by atoms with Gasteiger partial charge < -0.3 is 9.88 Å². The van der Waals surface area contributed by atoms with Gasteiger partial charge in [0.05, 0.1) is 5.56 Å². The second-order valence-electron chi connectivity index (χ2n) is 7.23. The van der Waals surface area contributed by atoms with Gasteiger partial charge in [-0.3, -0.25) is 9.69 Å². The summed E-state index contributed by atoms with van der Waals surface area (Å²) in [5.74, 6) is 0.0733. The smallest absolute Gasteiger partial charge is 0.253 e. The largest absolute Gasteiger partial charge is 0.350 e. The molecule has 4 heteroatoms. The Morgan fingerprint density at radius 3 is 2.46 bits per heavy atom. The van der Waals surface area contributed by atoms with E-state index in [0.717, 1.165) is 24.3 Å². The fourth-order valence-electron chi connectivity index (χ4n) is 4.22. The molecule has 1 N–H and O–H groups in total. The summed E-state index contributed by atoms with van der Waals surface area (Å²) in [5.41, 5.74) is 3.21. The Bertz CT molecular complexity index is 539. The van der Waals surface area contributed by atoms with Gasteiger partial charge in [0.15, 0.2) is 0 Å². The quantitative estimate of drug-likeness (QED) is 0.816. The summed E-state index contributed by atoms with van der Waals surface area (Å²) in [7, 11) is 0. The molecule has 0 saturated heterocycles. The van der Waals surface area contributed by atoms with E-state index in [-0.39, 0.29) is 5.91 Å². The van der Waals surface area contributed by atoms with Crippen LogP contribution in [0.3, 0.4) is 0 Å². The molecule has 0 bridgehead atoms. The maximum Gasteiger partial charge on any atom is 0.253 e. The molecular weight excluding hydrogens is 298 g/mol. The predicted octanol–water partition coefficient (Wildman–Crippen LogP) is 4.07. The number of carbonyl (C=O) groups is 1. The molecule has 2 rings (SSSR count). The molecule has 1 aliphatic carbocycles. The minimum absolute atomic E-state index is 0.0733. The molecule has 1 saturated carbocycles. The maximum absolute atomic E-state index is 12.7. The molecule has 136 valence electrons. The van der Waals surface area contributed by atoms with Crippen molar-refractivity contribution in [2.75, 3.05) is 19.6 Å². The van der Waals surface area contributed by atoms with E-state index in [1.165, 1.54) is 37.8 Å². The van der Waals surface area contributed by atoms with Gasteiger partial charge in [-0.2, -0.15) is 0 Å². The molecule has 4 nitrogen and oxygen atoms in total. The Kier molecular flexibility index (Phi) is 6.90. The Balaban J connectivity index is 2.05. The van der Waals surface area contributed by atoms with E-state index in [2.05, 4.69) is 55.5 Å². The summed E-state index contributed by atoms with van der Waals surface area (Å²) in [4.78, 5) is 15.0. The highest BCUT2D eigenvalue weighted by atomic mass is 16.1. The second-order valence-corrected chi connectivity index (χ2v) is 7.23. The van der Waals surface area contributed by atoms with E-state index < -0.39 is 0 Å². The fourth-order valence-corrected chi connectivity index (χ4v) is 4.22. The van der Waals surface area contributed by atoms with Gasteiger partial charge in [-0.25, -0.2) is 0 Å². The molecule has 1 aromatic heterocycles. The lowest BCUT2D eigenvalue weighted by atomic mass is 9.95. The zero-order valence-electron chi connectivity index (χ0n) is 16.2. The summed E-state index contributed by atoms with van der Waals surface area (Å²) in [6, 6.07) is 3.02. The van der Waals surface area contributed by atoms with Crippen molar-refractivity contribution in [3.63, 3.8) is 0 Å². The van der Waals surface area contributed by atoms with E-state index in [9.17, 15) is 4.79 Å². The van der Waals surface area contributed by atoms with Gasteiger partial charge in [-0.15, -0.1) is 0 Å². The van der Waals surface area contributed by atoms with Crippen molar-refractivity contribution in [3.8, 4) is 0 Å². The lowest BCUT2D eigenvalue weighted by Crippen LogP contribution is -2.42. The number of carbonyl (C=O) groups excluding carboxylic acids is 1. The number of amides is 1. The number of nitrogens with zero attached hydrogens (tertiary/aromatic N) is 2. The van der Waals surface area contributed by atoms with Crippen LogP contribution >= 0.6 is 0 Å². The average Bonchev–Trinajstić information content (AvgIpc) is 2.89. The van der Waals surface area contributed by atoms with Crippen LogP contribution in [0.15, 0.2) is 6.07 Å². The van der Waals surface area contributed by atoms with Crippen LogP contribution < -0.4 is 5.32 Å². The van der Waals surface area contributed by atoms with Crippen molar-refractivity contribution in [2.45, 2.75) is 78.8 Å². The summed E-state index contributed by atoms with van der Waals surface area (Å²) >= 11 is 0. The van der Waals surface area contributed by atoms with Crippen molar-refractivity contribution < 1.29 is 4.79 Å². The fraction of sp³-hybridized carbons (Fsp3) is 0.750. The SMILES string of the molecule is CCN(CC)C(C)CNC(=O)c1cc(C)n(C2CCCCC2)c1C. The van der Waals surface area contributed by atoms with Gasteiger partial charge in [0, 0.05) is 30.0 Å². The van der Waals surface area contributed by atoms with Crippen LogP contribution in [0.1, 0.15) is 80.7 Å². The normalized spacial score (nSPS) is 17.2. The molecule has 24 heavy (non-hydrogen) atoms. The number of rotatable bonds is 7. The van der Waals surface area contributed by atoms with Crippen molar-refractivity contribution in [3.05, 3.63) is 23.0 Å². The molecule has 1 aromatic rings. The third-order valence-electron chi connectivity index (χ3n) is 5.66.